The van der Waals surface area contributed by atoms with Crippen molar-refractivity contribution in [3.05, 3.63) is 29.3 Å². The van der Waals surface area contributed by atoms with E-state index < -0.39 is 11.7 Å². The van der Waals surface area contributed by atoms with Crippen LogP contribution in [0.1, 0.15) is 31.9 Å². The fraction of sp³-hybridized carbons (Fsp3) is 0.600. The van der Waals surface area contributed by atoms with E-state index in [9.17, 15) is 13.2 Å². The van der Waals surface area contributed by atoms with E-state index >= 15 is 0 Å². The molecule has 0 heterocycles. The first-order valence-electron chi connectivity index (χ1n) is 6.50. The molecule has 0 aromatic heterocycles. The normalized spacial score (nSPS) is 12.8. The van der Waals surface area contributed by atoms with E-state index in [2.05, 4.69) is 0 Å². The minimum Gasteiger partial charge on any atom is -0.492 e. The molecule has 0 saturated heterocycles. The molecule has 114 valence electrons. The molecule has 0 aliphatic carbocycles. The van der Waals surface area contributed by atoms with Crippen LogP contribution in [0.25, 0.3) is 0 Å². The number of nitrogens with zero attached hydrogens (tertiary/aromatic N) is 1. The summed E-state index contributed by atoms with van der Waals surface area (Å²) in [7, 11) is 3.77. The Morgan fingerprint density at radius 2 is 1.55 bits per heavy atom. The number of benzene rings is 1. The molecule has 2 nitrogen and oxygen atoms in total. The molecule has 0 aliphatic heterocycles. The molecular formula is C15H22F3NO. The molecule has 1 aromatic carbocycles. The van der Waals surface area contributed by atoms with Crippen molar-refractivity contribution in [2.45, 2.75) is 32.4 Å². The smallest absolute Gasteiger partial charge is 0.416 e. The summed E-state index contributed by atoms with van der Waals surface area (Å²) in [6, 6.07) is 3.94. The summed E-state index contributed by atoms with van der Waals surface area (Å²) in [6.45, 7) is 6.66. The Hall–Kier alpha value is -1.23. The quantitative estimate of drug-likeness (QED) is 0.832. The number of halogens is 3. The molecule has 20 heavy (non-hydrogen) atoms. The average molecular weight is 289 g/mol. The number of hydrogen-bond donors (Lipinski definition) is 0. The number of hydrogen-bond acceptors (Lipinski definition) is 2. The van der Waals surface area contributed by atoms with Gasteiger partial charge < -0.3 is 9.64 Å². The average Bonchev–Trinajstić information content (AvgIpc) is 2.25. The highest BCUT2D eigenvalue weighted by Gasteiger charge is 2.32. The van der Waals surface area contributed by atoms with Crippen LogP contribution in [0.3, 0.4) is 0 Å². The van der Waals surface area contributed by atoms with E-state index in [1.54, 1.807) is 6.07 Å². The van der Waals surface area contributed by atoms with E-state index in [1.165, 1.54) is 6.07 Å². The third-order valence-electron chi connectivity index (χ3n) is 2.91. The van der Waals surface area contributed by atoms with Gasteiger partial charge in [-0.3, -0.25) is 0 Å². The maximum absolute atomic E-state index is 12.9. The Morgan fingerprint density at radius 1 is 1.00 bits per heavy atom. The van der Waals surface area contributed by atoms with Crippen LogP contribution in [0.5, 0.6) is 5.75 Å². The zero-order chi connectivity index (χ0) is 15.6. The van der Waals surface area contributed by atoms with Crippen LogP contribution in [-0.2, 0) is 11.6 Å². The van der Waals surface area contributed by atoms with Gasteiger partial charge in [-0.25, -0.2) is 0 Å². The minimum absolute atomic E-state index is 0.270. The van der Waals surface area contributed by atoms with E-state index in [0.29, 0.717) is 18.7 Å². The maximum atomic E-state index is 12.9. The zero-order valence-electron chi connectivity index (χ0n) is 12.6. The van der Waals surface area contributed by atoms with Crippen LogP contribution < -0.4 is 4.74 Å². The molecule has 0 unspecified atom stereocenters. The molecule has 5 heteroatoms. The van der Waals surface area contributed by atoms with Crippen molar-refractivity contribution in [1.29, 1.82) is 0 Å². The summed E-state index contributed by atoms with van der Waals surface area (Å²) in [4.78, 5) is 1.91. The largest absolute Gasteiger partial charge is 0.492 e. The lowest BCUT2D eigenvalue weighted by atomic mass is 9.86. The summed E-state index contributed by atoms with van der Waals surface area (Å²) in [5.74, 6) is 0.270. The molecule has 0 saturated carbocycles. The SMILES string of the molecule is CN(C)CCOc1cc(C(C)(C)C)cc(C(F)(F)F)c1. The summed E-state index contributed by atoms with van der Waals surface area (Å²) >= 11 is 0. The van der Waals surface area contributed by atoms with Crippen LogP contribution in [0.4, 0.5) is 13.2 Å². The first kappa shape index (κ1) is 16.8. The van der Waals surface area contributed by atoms with Gasteiger partial charge in [0, 0.05) is 6.54 Å². The van der Waals surface area contributed by atoms with Gasteiger partial charge in [0.25, 0.3) is 0 Å². The van der Waals surface area contributed by atoms with Crippen molar-refractivity contribution in [2.24, 2.45) is 0 Å². The highest BCUT2D eigenvalue weighted by atomic mass is 19.4. The Labute approximate surface area is 118 Å². The van der Waals surface area contributed by atoms with Crippen LogP contribution >= 0.6 is 0 Å². The van der Waals surface area contributed by atoms with Crippen LogP contribution in [0.2, 0.25) is 0 Å². The third-order valence-corrected chi connectivity index (χ3v) is 2.91. The monoisotopic (exact) mass is 289 g/mol. The van der Waals surface area contributed by atoms with Gasteiger partial charge >= 0.3 is 6.18 Å². The number of alkyl halides is 3. The topological polar surface area (TPSA) is 12.5 Å². The van der Waals surface area contributed by atoms with Gasteiger partial charge in [-0.05, 0) is 43.3 Å². The van der Waals surface area contributed by atoms with Gasteiger partial charge in [0.1, 0.15) is 12.4 Å². The van der Waals surface area contributed by atoms with Crippen molar-refractivity contribution in [1.82, 2.24) is 4.90 Å². The molecule has 0 amide bonds. The molecule has 0 fully saturated rings. The molecule has 1 aromatic rings. The molecular weight excluding hydrogens is 267 g/mol. The first-order chi connectivity index (χ1) is 9.00. The van der Waals surface area contributed by atoms with Gasteiger partial charge in [0.15, 0.2) is 0 Å². The van der Waals surface area contributed by atoms with E-state index in [1.807, 2.05) is 39.8 Å². The van der Waals surface area contributed by atoms with Crippen molar-refractivity contribution >= 4 is 0 Å². The van der Waals surface area contributed by atoms with Crippen molar-refractivity contribution in [3.63, 3.8) is 0 Å². The summed E-state index contributed by atoms with van der Waals surface area (Å²) < 4.78 is 44.2. The number of rotatable bonds is 4. The van der Waals surface area contributed by atoms with E-state index in [0.717, 1.165) is 6.07 Å². The van der Waals surface area contributed by atoms with E-state index in [-0.39, 0.29) is 11.2 Å². The number of ether oxygens (including phenoxy) is 1. The van der Waals surface area contributed by atoms with E-state index in [4.69, 9.17) is 4.74 Å². The molecule has 0 radical (unpaired) electrons. The molecule has 0 aliphatic rings. The highest BCUT2D eigenvalue weighted by Crippen LogP contribution is 2.35. The van der Waals surface area contributed by atoms with Gasteiger partial charge in [-0.1, -0.05) is 20.8 Å². The van der Waals surface area contributed by atoms with Crippen LogP contribution in [-0.4, -0.2) is 32.1 Å². The fourth-order valence-electron chi connectivity index (χ4n) is 1.63. The molecule has 1 rings (SSSR count). The lowest BCUT2D eigenvalue weighted by Gasteiger charge is -2.22. The second-order valence-corrected chi connectivity index (χ2v) is 6.15. The van der Waals surface area contributed by atoms with Gasteiger partial charge in [0.2, 0.25) is 0 Å². The highest BCUT2D eigenvalue weighted by molar-refractivity contribution is 5.39. The standard InChI is InChI=1S/C15H22F3NO/c1-14(2,3)11-8-12(15(16,17)18)10-13(9-11)20-7-6-19(4)5/h8-10H,6-7H2,1-5H3. The summed E-state index contributed by atoms with van der Waals surface area (Å²) in [6.07, 6.45) is -4.36. The second-order valence-electron chi connectivity index (χ2n) is 6.15. The first-order valence-corrected chi connectivity index (χ1v) is 6.50. The Kier molecular flexibility index (Phi) is 5.08. The summed E-state index contributed by atoms with van der Waals surface area (Å²) in [5.41, 5.74) is -0.405. The van der Waals surface area contributed by atoms with Crippen LogP contribution in [0.15, 0.2) is 18.2 Å². The Balaban J connectivity index is 3.05. The lowest BCUT2D eigenvalue weighted by Crippen LogP contribution is -2.20. The minimum atomic E-state index is -4.36. The second kappa shape index (κ2) is 6.04. The number of likely N-dealkylation sites (N-methyl/N-ethyl adjacent to an activating group) is 1. The Bertz CT molecular complexity index is 415. The molecule has 0 atom stereocenters. The fourth-order valence-corrected chi connectivity index (χ4v) is 1.63. The van der Waals surface area contributed by atoms with Gasteiger partial charge in [-0.15, -0.1) is 0 Å². The van der Waals surface area contributed by atoms with Gasteiger partial charge in [0.05, 0.1) is 5.56 Å². The predicted octanol–water partition coefficient (Wildman–Crippen LogP) is 3.94. The Morgan fingerprint density at radius 3 is 2.00 bits per heavy atom. The molecule has 0 bridgehead atoms. The third kappa shape index (κ3) is 5.04. The molecule has 0 spiro atoms. The molecule has 0 N–H and O–H groups in total. The summed E-state index contributed by atoms with van der Waals surface area (Å²) in [5, 5.41) is 0. The predicted molar refractivity (Wildman–Crippen MR) is 74.2 cm³/mol. The zero-order valence-corrected chi connectivity index (χ0v) is 12.6. The lowest BCUT2D eigenvalue weighted by molar-refractivity contribution is -0.137. The van der Waals surface area contributed by atoms with Crippen molar-refractivity contribution < 1.29 is 17.9 Å². The van der Waals surface area contributed by atoms with Gasteiger partial charge in [-0.2, -0.15) is 13.2 Å². The van der Waals surface area contributed by atoms with Crippen molar-refractivity contribution in [2.75, 3.05) is 27.2 Å². The van der Waals surface area contributed by atoms with Crippen molar-refractivity contribution in [3.8, 4) is 5.75 Å². The maximum Gasteiger partial charge on any atom is 0.416 e. The van der Waals surface area contributed by atoms with Crippen LogP contribution in [0, 0.1) is 0 Å².